The Hall–Kier alpha value is -1.81. The molecule has 0 saturated carbocycles. The molecule has 102 valence electrons. The molecule has 4 heteroatoms. The molecule has 1 aromatic heterocycles. The first-order valence-electron chi connectivity index (χ1n) is 6.70. The second kappa shape index (κ2) is 6.38. The van der Waals surface area contributed by atoms with Gasteiger partial charge in [0, 0.05) is 23.8 Å². The number of H-pyrrole nitrogens is 1. The minimum Gasteiger partial charge on any atom is -0.494 e. The first-order chi connectivity index (χ1) is 9.19. The molecule has 0 spiro atoms. The molecule has 0 aliphatic rings. The molecule has 2 N–H and O–H groups in total. The van der Waals surface area contributed by atoms with Crippen LogP contribution in [0.25, 0.3) is 11.3 Å². The Labute approximate surface area is 114 Å². The number of aromatic amines is 1. The lowest BCUT2D eigenvalue weighted by molar-refractivity contribution is 0.340. The summed E-state index contributed by atoms with van der Waals surface area (Å²) >= 11 is 0. The molecule has 0 fully saturated rings. The van der Waals surface area contributed by atoms with Crippen molar-refractivity contribution in [1.82, 2.24) is 15.5 Å². The van der Waals surface area contributed by atoms with Crippen LogP contribution >= 0.6 is 0 Å². The van der Waals surface area contributed by atoms with Crippen LogP contribution in [-0.4, -0.2) is 22.8 Å². The van der Waals surface area contributed by atoms with E-state index in [1.165, 1.54) is 0 Å². The molecule has 0 radical (unpaired) electrons. The summed E-state index contributed by atoms with van der Waals surface area (Å²) in [5.41, 5.74) is 3.15. The molecule has 2 aromatic rings. The van der Waals surface area contributed by atoms with Gasteiger partial charge in [-0.15, -0.1) is 0 Å². The van der Waals surface area contributed by atoms with Gasteiger partial charge in [-0.05, 0) is 37.3 Å². The van der Waals surface area contributed by atoms with E-state index in [1.807, 2.05) is 31.2 Å². The SMILES string of the molecule is CCOc1ccc(-c2cc(CNC(C)C)[nH]n2)cc1. The topological polar surface area (TPSA) is 49.9 Å². The summed E-state index contributed by atoms with van der Waals surface area (Å²) in [6.45, 7) is 7.73. The lowest BCUT2D eigenvalue weighted by atomic mass is 10.1. The van der Waals surface area contributed by atoms with E-state index in [0.29, 0.717) is 12.6 Å². The van der Waals surface area contributed by atoms with Gasteiger partial charge >= 0.3 is 0 Å². The second-order valence-corrected chi connectivity index (χ2v) is 4.77. The third-order valence-corrected chi connectivity index (χ3v) is 2.79. The number of benzene rings is 1. The summed E-state index contributed by atoms with van der Waals surface area (Å²) in [7, 11) is 0. The van der Waals surface area contributed by atoms with E-state index < -0.39 is 0 Å². The first-order valence-corrected chi connectivity index (χ1v) is 6.70. The molecule has 0 aliphatic heterocycles. The van der Waals surface area contributed by atoms with E-state index in [4.69, 9.17) is 4.74 Å². The molecule has 0 bridgehead atoms. The molecule has 2 rings (SSSR count). The number of aromatic nitrogens is 2. The minimum atomic E-state index is 0.470. The van der Waals surface area contributed by atoms with Gasteiger partial charge in [0.15, 0.2) is 0 Å². The van der Waals surface area contributed by atoms with Gasteiger partial charge in [-0.25, -0.2) is 0 Å². The molecule has 19 heavy (non-hydrogen) atoms. The van der Waals surface area contributed by atoms with Crippen molar-refractivity contribution in [1.29, 1.82) is 0 Å². The average Bonchev–Trinajstić information content (AvgIpc) is 2.86. The summed E-state index contributed by atoms with van der Waals surface area (Å²) in [6.07, 6.45) is 0. The van der Waals surface area contributed by atoms with Crippen LogP contribution in [0.1, 0.15) is 26.5 Å². The van der Waals surface area contributed by atoms with Gasteiger partial charge in [0.1, 0.15) is 5.75 Å². The predicted octanol–water partition coefficient (Wildman–Crippen LogP) is 2.97. The van der Waals surface area contributed by atoms with Gasteiger partial charge in [0.25, 0.3) is 0 Å². The van der Waals surface area contributed by atoms with Gasteiger partial charge in [-0.3, -0.25) is 5.10 Å². The van der Waals surface area contributed by atoms with Crippen LogP contribution < -0.4 is 10.1 Å². The van der Waals surface area contributed by atoms with Crippen molar-refractivity contribution in [3.05, 3.63) is 36.0 Å². The summed E-state index contributed by atoms with van der Waals surface area (Å²) in [6, 6.07) is 10.5. The average molecular weight is 259 g/mol. The molecule has 0 amide bonds. The standard InChI is InChI=1S/C15H21N3O/c1-4-19-14-7-5-12(6-8-14)15-9-13(17-18-15)10-16-11(2)3/h5-9,11,16H,4,10H2,1-3H3,(H,17,18). The van der Waals surface area contributed by atoms with E-state index in [1.54, 1.807) is 0 Å². The Kier molecular flexibility index (Phi) is 4.58. The highest BCUT2D eigenvalue weighted by Gasteiger charge is 2.04. The van der Waals surface area contributed by atoms with E-state index in [0.717, 1.165) is 29.2 Å². The Morgan fingerprint density at radius 1 is 1.26 bits per heavy atom. The van der Waals surface area contributed by atoms with E-state index in [-0.39, 0.29) is 0 Å². The van der Waals surface area contributed by atoms with Gasteiger partial charge in [0.05, 0.1) is 12.3 Å². The maximum absolute atomic E-state index is 5.43. The van der Waals surface area contributed by atoms with Gasteiger partial charge in [-0.2, -0.15) is 5.10 Å². The highest BCUT2D eigenvalue weighted by Crippen LogP contribution is 2.21. The zero-order chi connectivity index (χ0) is 13.7. The van der Waals surface area contributed by atoms with Crippen LogP contribution in [0.5, 0.6) is 5.75 Å². The number of nitrogens with zero attached hydrogens (tertiary/aromatic N) is 1. The molecule has 0 unspecified atom stereocenters. The third-order valence-electron chi connectivity index (χ3n) is 2.79. The van der Waals surface area contributed by atoms with Gasteiger partial charge < -0.3 is 10.1 Å². The normalized spacial score (nSPS) is 10.9. The maximum atomic E-state index is 5.43. The van der Waals surface area contributed by atoms with Crippen molar-refractivity contribution in [2.75, 3.05) is 6.61 Å². The number of nitrogens with one attached hydrogen (secondary N) is 2. The Balaban J connectivity index is 2.05. The summed E-state index contributed by atoms with van der Waals surface area (Å²) in [4.78, 5) is 0. The van der Waals surface area contributed by atoms with Crippen LogP contribution in [0, 0.1) is 0 Å². The Morgan fingerprint density at radius 2 is 2.00 bits per heavy atom. The zero-order valence-corrected chi connectivity index (χ0v) is 11.7. The van der Waals surface area contributed by atoms with Crippen LogP contribution in [-0.2, 0) is 6.54 Å². The van der Waals surface area contributed by atoms with E-state index in [2.05, 4.69) is 35.4 Å². The number of hydrogen-bond donors (Lipinski definition) is 2. The third kappa shape index (κ3) is 3.83. The predicted molar refractivity (Wildman–Crippen MR) is 77.2 cm³/mol. The molecule has 0 aliphatic carbocycles. The van der Waals surface area contributed by atoms with E-state index >= 15 is 0 Å². The van der Waals surface area contributed by atoms with Crippen molar-refractivity contribution >= 4 is 0 Å². The van der Waals surface area contributed by atoms with Crippen molar-refractivity contribution in [3.8, 4) is 17.0 Å². The van der Waals surface area contributed by atoms with Crippen LogP contribution in [0.15, 0.2) is 30.3 Å². The molecule has 4 nitrogen and oxygen atoms in total. The first kappa shape index (κ1) is 13.6. The number of hydrogen-bond acceptors (Lipinski definition) is 3. The highest BCUT2D eigenvalue weighted by molar-refractivity contribution is 5.60. The minimum absolute atomic E-state index is 0.470. The summed E-state index contributed by atoms with van der Waals surface area (Å²) < 4.78 is 5.43. The maximum Gasteiger partial charge on any atom is 0.119 e. The van der Waals surface area contributed by atoms with Crippen molar-refractivity contribution in [3.63, 3.8) is 0 Å². The number of rotatable bonds is 6. The fourth-order valence-electron chi connectivity index (χ4n) is 1.80. The van der Waals surface area contributed by atoms with E-state index in [9.17, 15) is 0 Å². The summed E-state index contributed by atoms with van der Waals surface area (Å²) in [5, 5.41) is 10.8. The molecule has 0 atom stereocenters. The highest BCUT2D eigenvalue weighted by atomic mass is 16.5. The largest absolute Gasteiger partial charge is 0.494 e. The second-order valence-electron chi connectivity index (χ2n) is 4.77. The van der Waals surface area contributed by atoms with Crippen LogP contribution in [0.3, 0.4) is 0 Å². The van der Waals surface area contributed by atoms with Crippen molar-refractivity contribution in [2.45, 2.75) is 33.4 Å². The Morgan fingerprint density at radius 3 is 2.63 bits per heavy atom. The monoisotopic (exact) mass is 259 g/mol. The van der Waals surface area contributed by atoms with Crippen molar-refractivity contribution in [2.24, 2.45) is 0 Å². The molecule has 1 aromatic carbocycles. The summed E-state index contributed by atoms with van der Waals surface area (Å²) in [5.74, 6) is 0.892. The fourth-order valence-corrected chi connectivity index (χ4v) is 1.80. The lowest BCUT2D eigenvalue weighted by Gasteiger charge is -2.05. The van der Waals surface area contributed by atoms with Crippen LogP contribution in [0.2, 0.25) is 0 Å². The molecular formula is C15H21N3O. The zero-order valence-electron chi connectivity index (χ0n) is 11.7. The number of ether oxygens (including phenoxy) is 1. The van der Waals surface area contributed by atoms with Crippen LogP contribution in [0.4, 0.5) is 0 Å². The Bertz CT molecular complexity index is 502. The quantitative estimate of drug-likeness (QED) is 0.838. The fraction of sp³-hybridized carbons (Fsp3) is 0.400. The molecule has 1 heterocycles. The van der Waals surface area contributed by atoms with Crippen molar-refractivity contribution < 1.29 is 4.74 Å². The molecular weight excluding hydrogens is 238 g/mol. The van der Waals surface area contributed by atoms with Gasteiger partial charge in [-0.1, -0.05) is 13.8 Å². The smallest absolute Gasteiger partial charge is 0.119 e. The van der Waals surface area contributed by atoms with Gasteiger partial charge in [0.2, 0.25) is 0 Å². The lowest BCUT2D eigenvalue weighted by Crippen LogP contribution is -2.21. The molecule has 0 saturated heterocycles.